The summed E-state index contributed by atoms with van der Waals surface area (Å²) in [6, 6.07) is 7.58. The SMILES string of the molecule is CCCN(CC)CCNCC(O)c1cccc(OC)c1. The van der Waals surface area contributed by atoms with E-state index in [1.807, 2.05) is 24.3 Å². The minimum Gasteiger partial charge on any atom is -0.497 e. The lowest BCUT2D eigenvalue weighted by molar-refractivity contribution is 0.172. The van der Waals surface area contributed by atoms with Crippen molar-refractivity contribution in [1.29, 1.82) is 0 Å². The summed E-state index contributed by atoms with van der Waals surface area (Å²) >= 11 is 0. The number of methoxy groups -OCH3 is 1. The number of hydrogen-bond acceptors (Lipinski definition) is 4. The fraction of sp³-hybridized carbons (Fsp3) is 0.625. The molecule has 1 rings (SSSR count). The number of nitrogens with zero attached hydrogens (tertiary/aromatic N) is 1. The highest BCUT2D eigenvalue weighted by atomic mass is 16.5. The first-order valence-electron chi connectivity index (χ1n) is 7.46. The summed E-state index contributed by atoms with van der Waals surface area (Å²) in [4.78, 5) is 2.41. The molecule has 0 aliphatic heterocycles. The van der Waals surface area contributed by atoms with E-state index in [2.05, 4.69) is 24.1 Å². The molecule has 0 aliphatic carbocycles. The van der Waals surface area contributed by atoms with Crippen molar-refractivity contribution in [2.75, 3.05) is 39.8 Å². The van der Waals surface area contributed by atoms with Crippen molar-refractivity contribution in [2.24, 2.45) is 0 Å². The highest BCUT2D eigenvalue weighted by Gasteiger charge is 2.08. The zero-order valence-electron chi connectivity index (χ0n) is 12.9. The van der Waals surface area contributed by atoms with Gasteiger partial charge in [0.15, 0.2) is 0 Å². The molecule has 114 valence electrons. The van der Waals surface area contributed by atoms with E-state index in [1.54, 1.807) is 7.11 Å². The van der Waals surface area contributed by atoms with Crippen molar-refractivity contribution in [3.8, 4) is 5.75 Å². The standard InChI is InChI=1S/C16H28N2O2/c1-4-10-18(5-2)11-9-17-13-16(19)14-7-6-8-15(12-14)20-3/h6-8,12,16-17,19H,4-5,9-11,13H2,1-3H3. The lowest BCUT2D eigenvalue weighted by atomic mass is 10.1. The Balaban J connectivity index is 2.30. The number of rotatable bonds is 10. The molecule has 0 radical (unpaired) electrons. The minimum absolute atomic E-state index is 0.494. The number of aliphatic hydroxyl groups is 1. The van der Waals surface area contributed by atoms with Crippen LogP contribution in [0.3, 0.4) is 0 Å². The van der Waals surface area contributed by atoms with Crippen LogP contribution >= 0.6 is 0 Å². The molecule has 0 saturated heterocycles. The minimum atomic E-state index is -0.494. The van der Waals surface area contributed by atoms with E-state index in [0.717, 1.165) is 37.5 Å². The Bertz CT molecular complexity index is 371. The van der Waals surface area contributed by atoms with Gasteiger partial charge in [-0.05, 0) is 37.2 Å². The predicted octanol–water partition coefficient (Wildman–Crippen LogP) is 2.05. The van der Waals surface area contributed by atoms with Crippen molar-refractivity contribution >= 4 is 0 Å². The zero-order chi connectivity index (χ0) is 14.8. The van der Waals surface area contributed by atoms with E-state index < -0.39 is 6.10 Å². The smallest absolute Gasteiger partial charge is 0.119 e. The van der Waals surface area contributed by atoms with Crippen molar-refractivity contribution in [1.82, 2.24) is 10.2 Å². The summed E-state index contributed by atoms with van der Waals surface area (Å²) in [5, 5.41) is 13.4. The van der Waals surface area contributed by atoms with Crippen LogP contribution in [-0.2, 0) is 0 Å². The van der Waals surface area contributed by atoms with E-state index in [-0.39, 0.29) is 0 Å². The van der Waals surface area contributed by atoms with E-state index in [0.29, 0.717) is 6.54 Å². The normalized spacial score (nSPS) is 12.7. The van der Waals surface area contributed by atoms with Gasteiger partial charge >= 0.3 is 0 Å². The molecule has 0 saturated carbocycles. The fourth-order valence-corrected chi connectivity index (χ4v) is 2.19. The number of hydrogen-bond donors (Lipinski definition) is 2. The number of ether oxygens (including phenoxy) is 1. The first-order valence-corrected chi connectivity index (χ1v) is 7.46. The van der Waals surface area contributed by atoms with Crippen molar-refractivity contribution in [2.45, 2.75) is 26.4 Å². The van der Waals surface area contributed by atoms with E-state index in [4.69, 9.17) is 4.74 Å². The number of likely N-dealkylation sites (N-methyl/N-ethyl adjacent to an activating group) is 1. The molecule has 4 nitrogen and oxygen atoms in total. The molecule has 20 heavy (non-hydrogen) atoms. The molecule has 0 spiro atoms. The Labute approximate surface area is 122 Å². The molecule has 1 atom stereocenters. The van der Waals surface area contributed by atoms with Gasteiger partial charge in [0.1, 0.15) is 5.75 Å². The largest absolute Gasteiger partial charge is 0.497 e. The Morgan fingerprint density at radius 1 is 1.30 bits per heavy atom. The van der Waals surface area contributed by atoms with Crippen molar-refractivity contribution in [3.63, 3.8) is 0 Å². The van der Waals surface area contributed by atoms with Gasteiger partial charge in [0.2, 0.25) is 0 Å². The highest BCUT2D eigenvalue weighted by molar-refractivity contribution is 5.29. The molecule has 0 aromatic heterocycles. The van der Waals surface area contributed by atoms with Crippen LogP contribution < -0.4 is 10.1 Å². The number of aliphatic hydroxyl groups excluding tert-OH is 1. The van der Waals surface area contributed by atoms with Crippen molar-refractivity contribution < 1.29 is 9.84 Å². The van der Waals surface area contributed by atoms with Gasteiger partial charge in [0.25, 0.3) is 0 Å². The lowest BCUT2D eigenvalue weighted by Crippen LogP contribution is -2.34. The molecule has 1 aromatic carbocycles. The van der Waals surface area contributed by atoms with Crippen LogP contribution in [0.1, 0.15) is 31.9 Å². The van der Waals surface area contributed by atoms with Crippen LogP contribution in [0.4, 0.5) is 0 Å². The molecular formula is C16H28N2O2. The second kappa shape index (κ2) is 9.75. The van der Waals surface area contributed by atoms with Gasteiger partial charge in [0.05, 0.1) is 13.2 Å². The molecule has 1 aromatic rings. The summed E-state index contributed by atoms with van der Waals surface area (Å²) in [6.45, 7) is 9.08. The maximum atomic E-state index is 10.1. The maximum Gasteiger partial charge on any atom is 0.119 e. The van der Waals surface area contributed by atoms with Gasteiger partial charge in [-0.1, -0.05) is 26.0 Å². The third-order valence-electron chi connectivity index (χ3n) is 3.41. The first-order chi connectivity index (χ1) is 9.71. The number of nitrogens with one attached hydrogen (secondary N) is 1. The van der Waals surface area contributed by atoms with Gasteiger partial charge in [-0.15, -0.1) is 0 Å². The summed E-state index contributed by atoms with van der Waals surface area (Å²) < 4.78 is 5.17. The van der Waals surface area contributed by atoms with Crippen LogP contribution in [-0.4, -0.2) is 49.8 Å². The van der Waals surface area contributed by atoms with Crippen LogP contribution in [0.2, 0.25) is 0 Å². The van der Waals surface area contributed by atoms with Gasteiger partial charge in [-0.2, -0.15) is 0 Å². The van der Waals surface area contributed by atoms with Gasteiger partial charge < -0.3 is 20.1 Å². The van der Waals surface area contributed by atoms with E-state index in [9.17, 15) is 5.11 Å². The van der Waals surface area contributed by atoms with E-state index in [1.165, 1.54) is 6.42 Å². The topological polar surface area (TPSA) is 44.7 Å². The fourth-order valence-electron chi connectivity index (χ4n) is 2.19. The van der Waals surface area contributed by atoms with Crippen LogP contribution in [0, 0.1) is 0 Å². The summed E-state index contributed by atoms with van der Waals surface area (Å²) in [6.07, 6.45) is 0.687. The highest BCUT2D eigenvalue weighted by Crippen LogP contribution is 2.18. The molecular weight excluding hydrogens is 252 g/mol. The lowest BCUT2D eigenvalue weighted by Gasteiger charge is -2.20. The molecule has 1 unspecified atom stereocenters. The van der Waals surface area contributed by atoms with Crippen LogP contribution in [0.15, 0.2) is 24.3 Å². The second-order valence-electron chi connectivity index (χ2n) is 4.93. The monoisotopic (exact) mass is 280 g/mol. The predicted molar refractivity (Wildman–Crippen MR) is 83.2 cm³/mol. The molecule has 0 amide bonds. The van der Waals surface area contributed by atoms with Crippen molar-refractivity contribution in [3.05, 3.63) is 29.8 Å². The Kier molecular flexibility index (Phi) is 8.26. The Hall–Kier alpha value is -1.10. The second-order valence-corrected chi connectivity index (χ2v) is 4.93. The van der Waals surface area contributed by atoms with Gasteiger partial charge in [0, 0.05) is 19.6 Å². The van der Waals surface area contributed by atoms with Gasteiger partial charge in [-0.3, -0.25) is 0 Å². The van der Waals surface area contributed by atoms with E-state index >= 15 is 0 Å². The van der Waals surface area contributed by atoms with Crippen LogP contribution in [0.5, 0.6) is 5.75 Å². The maximum absolute atomic E-state index is 10.1. The Morgan fingerprint density at radius 2 is 2.10 bits per heavy atom. The first kappa shape index (κ1) is 17.0. The summed E-state index contributed by atoms with van der Waals surface area (Å²) in [5.41, 5.74) is 0.887. The Morgan fingerprint density at radius 3 is 2.75 bits per heavy atom. The molecule has 0 bridgehead atoms. The van der Waals surface area contributed by atoms with Crippen LogP contribution in [0.25, 0.3) is 0 Å². The number of benzene rings is 1. The molecule has 0 aliphatic rings. The quantitative estimate of drug-likeness (QED) is 0.644. The molecule has 0 fully saturated rings. The van der Waals surface area contributed by atoms with Gasteiger partial charge in [-0.25, -0.2) is 0 Å². The zero-order valence-corrected chi connectivity index (χ0v) is 12.9. The average Bonchev–Trinajstić information content (AvgIpc) is 2.50. The molecule has 0 heterocycles. The third kappa shape index (κ3) is 5.90. The third-order valence-corrected chi connectivity index (χ3v) is 3.41. The molecule has 2 N–H and O–H groups in total. The summed E-state index contributed by atoms with van der Waals surface area (Å²) in [5.74, 6) is 0.779. The summed E-state index contributed by atoms with van der Waals surface area (Å²) in [7, 11) is 1.64. The molecule has 4 heteroatoms. The average molecular weight is 280 g/mol.